The zero-order valence-corrected chi connectivity index (χ0v) is 15.9. The van der Waals surface area contributed by atoms with E-state index < -0.39 is 0 Å². The van der Waals surface area contributed by atoms with Gasteiger partial charge in [-0.3, -0.25) is 14.6 Å². The number of rotatable bonds is 5. The highest BCUT2D eigenvalue weighted by Gasteiger charge is 2.27. The average molecular weight is 348 g/mol. The molecule has 1 aromatic heterocycles. The van der Waals surface area contributed by atoms with Gasteiger partial charge >= 0.3 is 0 Å². The van der Waals surface area contributed by atoms with Crippen LogP contribution in [-0.4, -0.2) is 71.6 Å². The first-order valence-electron chi connectivity index (χ1n) is 9.64. The average Bonchev–Trinajstić information content (AvgIpc) is 3.01. The first-order chi connectivity index (χ1) is 12.0. The molecular formula is C19H32N4O2. The Balaban J connectivity index is 1.40. The van der Waals surface area contributed by atoms with Gasteiger partial charge in [0.2, 0.25) is 5.91 Å². The molecular weight excluding hydrogens is 316 g/mol. The third-order valence-electron chi connectivity index (χ3n) is 5.81. The molecule has 1 saturated carbocycles. The lowest BCUT2D eigenvalue weighted by Crippen LogP contribution is -2.50. The van der Waals surface area contributed by atoms with E-state index >= 15 is 0 Å². The Hall–Kier alpha value is -1.40. The highest BCUT2D eigenvalue weighted by Crippen LogP contribution is 2.26. The molecule has 0 radical (unpaired) electrons. The largest absolute Gasteiger partial charge is 0.361 e. The second-order valence-corrected chi connectivity index (χ2v) is 7.90. The maximum Gasteiger partial charge on any atom is 0.236 e. The van der Waals surface area contributed by atoms with Crippen LogP contribution in [0.15, 0.2) is 10.6 Å². The zero-order chi connectivity index (χ0) is 17.8. The lowest BCUT2D eigenvalue weighted by molar-refractivity contribution is -0.134. The summed E-state index contributed by atoms with van der Waals surface area (Å²) in [6, 6.07) is 2.44. The van der Waals surface area contributed by atoms with Crippen molar-refractivity contribution >= 4 is 5.91 Å². The Kier molecular flexibility index (Phi) is 6.12. The fourth-order valence-electron chi connectivity index (χ4n) is 3.96. The first-order valence-corrected chi connectivity index (χ1v) is 9.64. The molecule has 2 fully saturated rings. The van der Waals surface area contributed by atoms with Gasteiger partial charge in [0.25, 0.3) is 0 Å². The minimum Gasteiger partial charge on any atom is -0.361 e. The van der Waals surface area contributed by atoms with Gasteiger partial charge in [0.15, 0.2) is 0 Å². The lowest BCUT2D eigenvalue weighted by atomic mass is 9.87. The second kappa shape index (κ2) is 8.32. The standard InChI is InChI=1S/C19H32N4O2/c1-15-4-6-18(7-5-15)21(3)19(24)14-23-10-8-22(9-11-23)13-17-12-16(2)25-20-17/h12,15,18H,4-11,13-14H2,1-3H3. The summed E-state index contributed by atoms with van der Waals surface area (Å²) >= 11 is 0. The van der Waals surface area contributed by atoms with Gasteiger partial charge in [-0.2, -0.15) is 0 Å². The summed E-state index contributed by atoms with van der Waals surface area (Å²) in [6.45, 7) is 9.46. The van der Waals surface area contributed by atoms with Crippen molar-refractivity contribution in [1.82, 2.24) is 19.9 Å². The third kappa shape index (κ3) is 5.05. The van der Waals surface area contributed by atoms with E-state index in [1.807, 2.05) is 24.9 Å². The molecule has 0 unspecified atom stereocenters. The molecule has 25 heavy (non-hydrogen) atoms. The molecule has 2 aliphatic rings. The molecule has 3 rings (SSSR count). The number of aryl methyl sites for hydroxylation is 1. The molecule has 1 aliphatic heterocycles. The Bertz CT molecular complexity index is 558. The quantitative estimate of drug-likeness (QED) is 0.816. The van der Waals surface area contributed by atoms with E-state index in [0.717, 1.165) is 62.9 Å². The van der Waals surface area contributed by atoms with E-state index in [1.165, 1.54) is 12.8 Å². The molecule has 0 spiro atoms. The highest BCUT2D eigenvalue weighted by molar-refractivity contribution is 5.78. The topological polar surface area (TPSA) is 52.8 Å². The number of carbonyl (C=O) groups is 1. The maximum absolute atomic E-state index is 12.6. The smallest absolute Gasteiger partial charge is 0.236 e. The number of aromatic nitrogens is 1. The molecule has 1 saturated heterocycles. The minimum atomic E-state index is 0.278. The second-order valence-electron chi connectivity index (χ2n) is 7.90. The number of nitrogens with zero attached hydrogens (tertiary/aromatic N) is 4. The summed E-state index contributed by atoms with van der Waals surface area (Å²) < 4.78 is 5.13. The molecule has 0 atom stereocenters. The SMILES string of the molecule is Cc1cc(CN2CCN(CC(=O)N(C)C3CCC(C)CC3)CC2)no1. The van der Waals surface area contributed by atoms with Gasteiger partial charge in [-0.1, -0.05) is 12.1 Å². The minimum absolute atomic E-state index is 0.278. The van der Waals surface area contributed by atoms with Crippen LogP contribution in [-0.2, 0) is 11.3 Å². The molecule has 140 valence electrons. The predicted molar refractivity (Wildman–Crippen MR) is 97.1 cm³/mol. The van der Waals surface area contributed by atoms with E-state index in [2.05, 4.69) is 21.9 Å². The lowest BCUT2D eigenvalue weighted by Gasteiger charge is -2.37. The van der Waals surface area contributed by atoms with Gasteiger partial charge in [0, 0.05) is 51.9 Å². The Morgan fingerprint density at radius 2 is 1.84 bits per heavy atom. The van der Waals surface area contributed by atoms with Gasteiger partial charge < -0.3 is 9.42 Å². The van der Waals surface area contributed by atoms with Gasteiger partial charge in [-0.25, -0.2) is 0 Å². The summed E-state index contributed by atoms with van der Waals surface area (Å²) in [7, 11) is 1.99. The number of likely N-dealkylation sites (N-methyl/N-ethyl adjacent to an activating group) is 1. The number of piperazine rings is 1. The molecule has 1 amide bonds. The number of hydrogen-bond donors (Lipinski definition) is 0. The van der Waals surface area contributed by atoms with E-state index in [0.29, 0.717) is 12.6 Å². The van der Waals surface area contributed by atoms with Gasteiger partial charge in [0.1, 0.15) is 5.76 Å². The molecule has 6 heteroatoms. The van der Waals surface area contributed by atoms with E-state index in [9.17, 15) is 4.79 Å². The van der Waals surface area contributed by atoms with Crippen LogP contribution in [0.25, 0.3) is 0 Å². The monoisotopic (exact) mass is 348 g/mol. The summed E-state index contributed by atoms with van der Waals surface area (Å²) in [4.78, 5) is 19.3. The van der Waals surface area contributed by atoms with Crippen molar-refractivity contribution in [3.05, 3.63) is 17.5 Å². The molecule has 0 aromatic carbocycles. The fourth-order valence-corrected chi connectivity index (χ4v) is 3.96. The zero-order valence-electron chi connectivity index (χ0n) is 15.9. The normalized spacial score (nSPS) is 25.9. The van der Waals surface area contributed by atoms with Gasteiger partial charge in [0.05, 0.1) is 12.2 Å². The van der Waals surface area contributed by atoms with E-state index in [1.54, 1.807) is 0 Å². The van der Waals surface area contributed by atoms with E-state index in [-0.39, 0.29) is 5.91 Å². The Morgan fingerprint density at radius 3 is 2.44 bits per heavy atom. The van der Waals surface area contributed by atoms with Crippen molar-refractivity contribution in [2.24, 2.45) is 5.92 Å². The third-order valence-corrected chi connectivity index (χ3v) is 5.81. The highest BCUT2D eigenvalue weighted by atomic mass is 16.5. The van der Waals surface area contributed by atoms with Crippen LogP contribution < -0.4 is 0 Å². The molecule has 0 bridgehead atoms. The van der Waals surface area contributed by atoms with Crippen molar-refractivity contribution in [2.45, 2.75) is 52.1 Å². The molecule has 0 N–H and O–H groups in total. The van der Waals surface area contributed by atoms with Crippen molar-refractivity contribution in [2.75, 3.05) is 39.8 Å². The number of hydrogen-bond acceptors (Lipinski definition) is 5. The van der Waals surface area contributed by atoms with E-state index in [4.69, 9.17) is 4.52 Å². The van der Waals surface area contributed by atoms with Crippen LogP contribution in [0.4, 0.5) is 0 Å². The molecule has 1 aromatic rings. The summed E-state index contributed by atoms with van der Waals surface area (Å²) in [5.74, 6) is 1.96. The Morgan fingerprint density at radius 1 is 1.20 bits per heavy atom. The van der Waals surface area contributed by atoms with Crippen LogP contribution in [0.2, 0.25) is 0 Å². The van der Waals surface area contributed by atoms with Crippen LogP contribution in [0.1, 0.15) is 44.1 Å². The van der Waals surface area contributed by atoms with Gasteiger partial charge in [-0.05, 0) is 38.5 Å². The van der Waals surface area contributed by atoms with Crippen molar-refractivity contribution < 1.29 is 9.32 Å². The van der Waals surface area contributed by atoms with Crippen molar-refractivity contribution in [1.29, 1.82) is 0 Å². The Labute approximate surface area is 151 Å². The number of amides is 1. The van der Waals surface area contributed by atoms with Crippen molar-refractivity contribution in [3.8, 4) is 0 Å². The summed E-state index contributed by atoms with van der Waals surface area (Å²) in [5.41, 5.74) is 0.994. The maximum atomic E-state index is 12.6. The van der Waals surface area contributed by atoms with Gasteiger partial charge in [-0.15, -0.1) is 0 Å². The summed E-state index contributed by atoms with van der Waals surface area (Å²) in [5, 5.41) is 4.07. The fraction of sp³-hybridized carbons (Fsp3) is 0.789. The first kappa shape index (κ1) is 18.4. The molecule has 1 aliphatic carbocycles. The van der Waals surface area contributed by atoms with Crippen LogP contribution in [0.5, 0.6) is 0 Å². The van der Waals surface area contributed by atoms with Crippen LogP contribution in [0.3, 0.4) is 0 Å². The summed E-state index contributed by atoms with van der Waals surface area (Å²) in [6.07, 6.45) is 4.83. The predicted octanol–water partition coefficient (Wildman–Crippen LogP) is 2.14. The molecule has 2 heterocycles. The number of carbonyl (C=O) groups excluding carboxylic acids is 1. The molecule has 6 nitrogen and oxygen atoms in total. The van der Waals surface area contributed by atoms with Crippen molar-refractivity contribution in [3.63, 3.8) is 0 Å². The van der Waals surface area contributed by atoms with Crippen LogP contribution >= 0.6 is 0 Å². The van der Waals surface area contributed by atoms with Crippen LogP contribution in [0, 0.1) is 12.8 Å².